The van der Waals surface area contributed by atoms with Gasteiger partial charge in [0.1, 0.15) is 11.6 Å². The number of amides is 1. The molecule has 3 rings (SSSR count). The molecule has 2 aromatic carbocycles. The van der Waals surface area contributed by atoms with E-state index in [1.54, 1.807) is 0 Å². The summed E-state index contributed by atoms with van der Waals surface area (Å²) in [5, 5.41) is 3.24. The quantitative estimate of drug-likeness (QED) is 0.707. The van der Waals surface area contributed by atoms with Crippen molar-refractivity contribution in [2.24, 2.45) is 0 Å². The zero-order valence-electron chi connectivity index (χ0n) is 12.1. The highest BCUT2D eigenvalue weighted by molar-refractivity contribution is 9.10. The second kappa shape index (κ2) is 6.64. The number of anilines is 1. The maximum absolute atomic E-state index is 13.0. The summed E-state index contributed by atoms with van der Waals surface area (Å²) in [6, 6.07) is 9.91. The van der Waals surface area contributed by atoms with Crippen molar-refractivity contribution in [3.63, 3.8) is 0 Å². The molecular weight excluding hydrogens is 383 g/mol. The molecule has 118 valence electrons. The van der Waals surface area contributed by atoms with E-state index < -0.39 is 0 Å². The van der Waals surface area contributed by atoms with Crippen LogP contribution in [0.3, 0.4) is 0 Å². The molecule has 23 heavy (non-hydrogen) atoms. The molecule has 0 aliphatic carbocycles. The van der Waals surface area contributed by atoms with E-state index >= 15 is 0 Å². The van der Waals surface area contributed by atoms with Gasteiger partial charge in [-0.1, -0.05) is 23.5 Å². The first-order chi connectivity index (χ1) is 11.0. The lowest BCUT2D eigenvalue weighted by Gasteiger charge is -2.07. The van der Waals surface area contributed by atoms with E-state index in [4.69, 9.17) is 4.74 Å². The van der Waals surface area contributed by atoms with Crippen LogP contribution in [0.2, 0.25) is 0 Å². The monoisotopic (exact) mass is 394 g/mol. The number of thiazole rings is 1. The normalized spacial score (nSPS) is 10.7. The van der Waals surface area contributed by atoms with Crippen molar-refractivity contribution in [1.29, 1.82) is 0 Å². The molecule has 3 aromatic rings. The molecule has 0 atom stereocenters. The number of aryl methyl sites for hydroxylation is 1. The van der Waals surface area contributed by atoms with Gasteiger partial charge in [0, 0.05) is 0 Å². The number of carbonyl (C=O) groups excluding carboxylic acids is 1. The molecule has 1 N–H and O–H groups in total. The predicted octanol–water partition coefficient (Wildman–Crippen LogP) is 4.52. The van der Waals surface area contributed by atoms with Crippen molar-refractivity contribution in [2.75, 3.05) is 11.9 Å². The van der Waals surface area contributed by atoms with Crippen LogP contribution in [0.4, 0.5) is 9.52 Å². The largest absolute Gasteiger partial charge is 0.483 e. The molecule has 0 saturated heterocycles. The first kappa shape index (κ1) is 15.9. The van der Waals surface area contributed by atoms with Crippen LogP contribution in [0.5, 0.6) is 5.75 Å². The topological polar surface area (TPSA) is 51.2 Å². The number of para-hydroxylation sites is 1. The van der Waals surface area contributed by atoms with Crippen molar-refractivity contribution < 1.29 is 13.9 Å². The van der Waals surface area contributed by atoms with Crippen LogP contribution in [0.15, 0.2) is 40.9 Å². The van der Waals surface area contributed by atoms with Gasteiger partial charge in [0.25, 0.3) is 5.91 Å². The van der Waals surface area contributed by atoms with E-state index in [2.05, 4.69) is 26.2 Å². The van der Waals surface area contributed by atoms with Crippen LogP contribution >= 0.6 is 27.3 Å². The van der Waals surface area contributed by atoms with Gasteiger partial charge < -0.3 is 4.74 Å². The average Bonchev–Trinajstić information content (AvgIpc) is 2.90. The number of fused-ring (bicyclic) bond motifs is 1. The van der Waals surface area contributed by atoms with Crippen LogP contribution in [0, 0.1) is 12.7 Å². The van der Waals surface area contributed by atoms with Gasteiger partial charge >= 0.3 is 0 Å². The lowest BCUT2D eigenvalue weighted by Crippen LogP contribution is -2.20. The van der Waals surface area contributed by atoms with Crippen LogP contribution in [-0.4, -0.2) is 17.5 Å². The number of rotatable bonds is 4. The fourth-order valence-corrected chi connectivity index (χ4v) is 3.46. The van der Waals surface area contributed by atoms with Crippen molar-refractivity contribution in [3.05, 3.63) is 52.3 Å². The molecule has 0 saturated carbocycles. The van der Waals surface area contributed by atoms with Crippen molar-refractivity contribution in [3.8, 4) is 5.75 Å². The van der Waals surface area contributed by atoms with Crippen LogP contribution in [0.1, 0.15) is 5.56 Å². The first-order valence-electron chi connectivity index (χ1n) is 6.77. The molecule has 0 aliphatic rings. The standard InChI is InChI=1S/C16H12BrFN2O2S/c1-9-3-2-4-13-15(9)20-16(23-13)19-14(21)8-22-12-6-5-10(18)7-11(12)17/h2-7H,8H2,1H3,(H,19,20,21). The summed E-state index contributed by atoms with van der Waals surface area (Å²) in [5.41, 5.74) is 1.95. The molecule has 0 bridgehead atoms. The Morgan fingerprint density at radius 2 is 2.22 bits per heavy atom. The van der Waals surface area contributed by atoms with E-state index in [0.717, 1.165) is 15.8 Å². The number of aromatic nitrogens is 1. The molecule has 7 heteroatoms. The van der Waals surface area contributed by atoms with Crippen molar-refractivity contribution in [1.82, 2.24) is 4.98 Å². The summed E-state index contributed by atoms with van der Waals surface area (Å²) in [4.78, 5) is 16.4. The first-order valence-corrected chi connectivity index (χ1v) is 8.38. The Kier molecular flexibility index (Phi) is 4.58. The smallest absolute Gasteiger partial charge is 0.264 e. The predicted molar refractivity (Wildman–Crippen MR) is 92.6 cm³/mol. The molecule has 0 spiro atoms. The lowest BCUT2D eigenvalue weighted by atomic mass is 10.2. The Balaban J connectivity index is 1.65. The van der Waals surface area contributed by atoms with Gasteiger partial charge in [-0.3, -0.25) is 10.1 Å². The molecule has 1 heterocycles. The van der Waals surface area contributed by atoms with Gasteiger partial charge in [-0.15, -0.1) is 0 Å². The van der Waals surface area contributed by atoms with Gasteiger partial charge in [0.2, 0.25) is 0 Å². The summed E-state index contributed by atoms with van der Waals surface area (Å²) in [6.45, 7) is 1.79. The molecule has 1 aromatic heterocycles. The van der Waals surface area contributed by atoms with Crippen molar-refractivity contribution in [2.45, 2.75) is 6.92 Å². The minimum atomic E-state index is -0.376. The highest BCUT2D eigenvalue weighted by Gasteiger charge is 2.11. The number of nitrogens with zero attached hydrogens (tertiary/aromatic N) is 1. The maximum atomic E-state index is 13.0. The fourth-order valence-electron chi connectivity index (χ4n) is 2.03. The zero-order valence-corrected chi connectivity index (χ0v) is 14.5. The Hall–Kier alpha value is -1.99. The Morgan fingerprint density at radius 1 is 1.39 bits per heavy atom. The summed E-state index contributed by atoms with van der Waals surface area (Å²) in [5.74, 6) is -0.293. The van der Waals surface area contributed by atoms with E-state index in [1.807, 2.05) is 25.1 Å². The van der Waals surface area contributed by atoms with Crippen LogP contribution in [0.25, 0.3) is 10.2 Å². The van der Waals surface area contributed by atoms with Gasteiger partial charge in [0.15, 0.2) is 11.7 Å². The molecular formula is C16H12BrFN2O2S. The van der Waals surface area contributed by atoms with Gasteiger partial charge in [0.05, 0.1) is 14.7 Å². The summed E-state index contributed by atoms with van der Waals surface area (Å²) >= 11 is 4.60. The van der Waals surface area contributed by atoms with Gasteiger partial charge in [-0.05, 0) is 52.7 Å². The van der Waals surface area contributed by atoms with Crippen LogP contribution in [-0.2, 0) is 4.79 Å². The number of hydrogen-bond donors (Lipinski definition) is 1. The number of halogens is 2. The number of ether oxygens (including phenoxy) is 1. The molecule has 0 fully saturated rings. The maximum Gasteiger partial charge on any atom is 0.264 e. The lowest BCUT2D eigenvalue weighted by molar-refractivity contribution is -0.118. The summed E-state index contributed by atoms with van der Waals surface area (Å²) in [7, 11) is 0. The SMILES string of the molecule is Cc1cccc2sc(NC(=O)COc3ccc(F)cc3Br)nc12. The van der Waals surface area contributed by atoms with Gasteiger partial charge in [-0.25, -0.2) is 9.37 Å². The third kappa shape index (κ3) is 3.68. The molecule has 4 nitrogen and oxygen atoms in total. The summed E-state index contributed by atoms with van der Waals surface area (Å²) in [6.07, 6.45) is 0. The number of nitrogens with one attached hydrogen (secondary N) is 1. The minimum Gasteiger partial charge on any atom is -0.483 e. The second-order valence-electron chi connectivity index (χ2n) is 4.85. The van der Waals surface area contributed by atoms with E-state index in [-0.39, 0.29) is 18.3 Å². The Labute approximate surface area is 144 Å². The molecule has 0 aliphatic heterocycles. The van der Waals surface area contributed by atoms with E-state index in [9.17, 15) is 9.18 Å². The highest BCUT2D eigenvalue weighted by atomic mass is 79.9. The molecule has 0 radical (unpaired) electrons. The third-order valence-electron chi connectivity index (χ3n) is 3.12. The molecule has 1 amide bonds. The number of hydrogen-bond acceptors (Lipinski definition) is 4. The van der Waals surface area contributed by atoms with E-state index in [0.29, 0.717) is 15.4 Å². The fraction of sp³-hybridized carbons (Fsp3) is 0.125. The number of carbonyl (C=O) groups is 1. The average molecular weight is 395 g/mol. The third-order valence-corrected chi connectivity index (χ3v) is 4.68. The Morgan fingerprint density at radius 3 is 2.96 bits per heavy atom. The summed E-state index contributed by atoms with van der Waals surface area (Å²) < 4.78 is 19.8. The zero-order chi connectivity index (χ0) is 16.4. The minimum absolute atomic E-state index is 0.181. The van der Waals surface area contributed by atoms with E-state index in [1.165, 1.54) is 29.5 Å². The second-order valence-corrected chi connectivity index (χ2v) is 6.74. The number of benzene rings is 2. The Bertz CT molecular complexity index is 882. The highest BCUT2D eigenvalue weighted by Crippen LogP contribution is 2.28. The molecule has 0 unspecified atom stereocenters. The van der Waals surface area contributed by atoms with Crippen molar-refractivity contribution >= 4 is 48.5 Å². The van der Waals surface area contributed by atoms with Gasteiger partial charge in [-0.2, -0.15) is 0 Å². The van der Waals surface area contributed by atoms with Crippen LogP contribution < -0.4 is 10.1 Å².